The number of hydrogen-bond acceptors (Lipinski definition) is 2. The van der Waals surface area contributed by atoms with Gasteiger partial charge in [0, 0.05) is 18.3 Å². The third kappa shape index (κ3) is 4.69. The molecule has 0 fully saturated rings. The lowest BCUT2D eigenvalue weighted by Gasteiger charge is -2.18. The molecule has 0 radical (unpaired) electrons. The fraction of sp³-hybridized carbons (Fsp3) is 0.227. The molecule has 0 saturated carbocycles. The molecule has 24 heavy (non-hydrogen) atoms. The van der Waals surface area contributed by atoms with Crippen molar-refractivity contribution in [3.8, 4) is 5.75 Å². The van der Waals surface area contributed by atoms with Gasteiger partial charge in [-0.3, -0.25) is 4.98 Å². The van der Waals surface area contributed by atoms with Crippen LogP contribution in [0, 0.1) is 0 Å². The Morgan fingerprint density at radius 1 is 0.708 bits per heavy atom. The molecule has 0 unspecified atom stereocenters. The van der Waals surface area contributed by atoms with E-state index in [9.17, 15) is 0 Å². The summed E-state index contributed by atoms with van der Waals surface area (Å²) < 4.78 is 5.79. The highest BCUT2D eigenvalue weighted by atomic mass is 16.5. The predicted molar refractivity (Wildman–Crippen MR) is 98.3 cm³/mol. The summed E-state index contributed by atoms with van der Waals surface area (Å²) in [6.45, 7) is 0.766. The molecular formula is C22H23NO. The summed E-state index contributed by atoms with van der Waals surface area (Å²) in [4.78, 5) is 4.14. The molecule has 2 aromatic carbocycles. The third-order valence-corrected chi connectivity index (χ3v) is 4.21. The van der Waals surface area contributed by atoms with Gasteiger partial charge in [-0.05, 0) is 54.7 Å². The zero-order valence-corrected chi connectivity index (χ0v) is 13.8. The lowest BCUT2D eigenvalue weighted by Crippen LogP contribution is -2.03. The van der Waals surface area contributed by atoms with Crippen LogP contribution in [0.25, 0.3) is 0 Å². The third-order valence-electron chi connectivity index (χ3n) is 4.21. The molecule has 122 valence electrons. The highest BCUT2D eigenvalue weighted by molar-refractivity contribution is 5.31. The van der Waals surface area contributed by atoms with Gasteiger partial charge in [0.25, 0.3) is 0 Å². The van der Waals surface area contributed by atoms with Crippen molar-refractivity contribution >= 4 is 0 Å². The Morgan fingerprint density at radius 3 is 2.04 bits per heavy atom. The van der Waals surface area contributed by atoms with E-state index in [4.69, 9.17) is 4.74 Å². The van der Waals surface area contributed by atoms with Gasteiger partial charge in [-0.15, -0.1) is 0 Å². The molecule has 0 aliphatic heterocycles. The van der Waals surface area contributed by atoms with Crippen LogP contribution in [0.2, 0.25) is 0 Å². The van der Waals surface area contributed by atoms with Crippen LogP contribution in [0.15, 0.2) is 85.2 Å². The van der Waals surface area contributed by atoms with E-state index in [1.165, 1.54) is 11.1 Å². The molecule has 0 saturated heterocycles. The van der Waals surface area contributed by atoms with Crippen molar-refractivity contribution < 1.29 is 4.74 Å². The average Bonchev–Trinajstić information content (AvgIpc) is 2.67. The Bertz CT molecular complexity index is 658. The highest BCUT2D eigenvalue weighted by Gasteiger charge is 2.13. The highest BCUT2D eigenvalue weighted by Crippen LogP contribution is 2.29. The molecule has 3 rings (SSSR count). The molecule has 1 heterocycles. The van der Waals surface area contributed by atoms with E-state index in [-0.39, 0.29) is 0 Å². The summed E-state index contributed by atoms with van der Waals surface area (Å²) in [6.07, 6.45) is 7.07. The van der Waals surface area contributed by atoms with Crippen LogP contribution in [0.5, 0.6) is 5.75 Å². The van der Waals surface area contributed by atoms with Crippen LogP contribution in [0.3, 0.4) is 0 Å². The van der Waals surface area contributed by atoms with Gasteiger partial charge in [0.1, 0.15) is 5.75 Å². The van der Waals surface area contributed by atoms with Gasteiger partial charge >= 0.3 is 0 Å². The van der Waals surface area contributed by atoms with E-state index in [0.29, 0.717) is 5.92 Å². The number of pyridine rings is 1. The Labute approximate surface area is 144 Å². The number of rotatable bonds is 8. The predicted octanol–water partition coefficient (Wildman–Crippen LogP) is 5.46. The maximum absolute atomic E-state index is 5.79. The molecule has 2 heteroatoms. The summed E-state index contributed by atoms with van der Waals surface area (Å²) in [5.74, 6) is 1.37. The molecule has 2 nitrogen and oxygen atoms in total. The topological polar surface area (TPSA) is 22.1 Å². The summed E-state index contributed by atoms with van der Waals surface area (Å²) in [6, 6.07) is 25.0. The molecule has 0 bridgehead atoms. The van der Waals surface area contributed by atoms with Crippen molar-refractivity contribution in [3.63, 3.8) is 0 Å². The largest absolute Gasteiger partial charge is 0.494 e. The van der Waals surface area contributed by atoms with Gasteiger partial charge in [-0.1, -0.05) is 48.5 Å². The fourth-order valence-electron chi connectivity index (χ4n) is 2.96. The first-order chi connectivity index (χ1) is 11.9. The molecule has 0 aliphatic carbocycles. The monoisotopic (exact) mass is 317 g/mol. The van der Waals surface area contributed by atoms with Gasteiger partial charge in [0.15, 0.2) is 0 Å². The van der Waals surface area contributed by atoms with Crippen LogP contribution in [0.4, 0.5) is 0 Å². The fourth-order valence-corrected chi connectivity index (χ4v) is 2.96. The van der Waals surface area contributed by atoms with Gasteiger partial charge < -0.3 is 4.74 Å². The zero-order chi connectivity index (χ0) is 16.5. The second-order valence-electron chi connectivity index (χ2n) is 5.90. The lowest BCUT2D eigenvalue weighted by molar-refractivity contribution is 0.304. The van der Waals surface area contributed by atoms with E-state index in [1.807, 2.05) is 42.7 Å². The van der Waals surface area contributed by atoms with Crippen LogP contribution < -0.4 is 4.74 Å². The van der Waals surface area contributed by atoms with Crippen molar-refractivity contribution in [3.05, 3.63) is 96.3 Å². The normalized spacial score (nSPS) is 11.8. The smallest absolute Gasteiger partial charge is 0.119 e. The Balaban J connectivity index is 1.55. The van der Waals surface area contributed by atoms with E-state index < -0.39 is 0 Å². The number of para-hydroxylation sites is 1. The first-order valence-corrected chi connectivity index (χ1v) is 8.56. The first-order valence-electron chi connectivity index (χ1n) is 8.56. The summed E-state index contributed by atoms with van der Waals surface area (Å²) in [7, 11) is 0. The first kappa shape index (κ1) is 16.3. The van der Waals surface area contributed by atoms with Gasteiger partial charge in [-0.2, -0.15) is 0 Å². The number of aromatic nitrogens is 1. The van der Waals surface area contributed by atoms with Crippen LogP contribution in [-0.2, 0) is 0 Å². The minimum atomic E-state index is 0.422. The number of hydrogen-bond donors (Lipinski definition) is 0. The van der Waals surface area contributed by atoms with Gasteiger partial charge in [0.2, 0.25) is 0 Å². The van der Waals surface area contributed by atoms with Crippen molar-refractivity contribution in [2.45, 2.75) is 25.2 Å². The zero-order valence-electron chi connectivity index (χ0n) is 13.8. The number of benzene rings is 2. The van der Waals surface area contributed by atoms with Gasteiger partial charge in [-0.25, -0.2) is 0 Å². The van der Waals surface area contributed by atoms with E-state index >= 15 is 0 Å². The summed E-state index contributed by atoms with van der Waals surface area (Å²) in [5, 5.41) is 0. The van der Waals surface area contributed by atoms with Crippen molar-refractivity contribution in [2.24, 2.45) is 0 Å². The molecule has 0 N–H and O–H groups in total. The molecule has 3 aromatic rings. The van der Waals surface area contributed by atoms with Crippen molar-refractivity contribution in [1.82, 2.24) is 4.98 Å². The van der Waals surface area contributed by atoms with Crippen LogP contribution in [-0.4, -0.2) is 11.6 Å². The average molecular weight is 317 g/mol. The minimum Gasteiger partial charge on any atom is -0.494 e. The van der Waals surface area contributed by atoms with Crippen molar-refractivity contribution in [2.75, 3.05) is 6.61 Å². The Kier molecular flexibility index (Phi) is 6.01. The molecule has 0 aliphatic rings. The second-order valence-corrected chi connectivity index (χ2v) is 5.90. The number of unbranched alkanes of at least 4 members (excludes halogenated alkanes) is 1. The van der Waals surface area contributed by atoms with E-state index in [1.54, 1.807) is 0 Å². The standard InChI is InChI=1S/C22H23NO/c1-3-9-19(10-4-1)22(20-14-16-23-17-15-20)13-7-8-18-24-21-11-5-2-6-12-21/h1-6,9-12,14-17,22H,7-8,13,18H2/t22-/m0/s1. The van der Waals surface area contributed by atoms with Crippen molar-refractivity contribution in [1.29, 1.82) is 0 Å². The summed E-state index contributed by atoms with van der Waals surface area (Å²) >= 11 is 0. The molecule has 0 spiro atoms. The quantitative estimate of drug-likeness (QED) is 0.514. The maximum Gasteiger partial charge on any atom is 0.119 e. The minimum absolute atomic E-state index is 0.422. The Hall–Kier alpha value is -2.61. The molecule has 1 aromatic heterocycles. The molecule has 1 atom stereocenters. The van der Waals surface area contributed by atoms with Gasteiger partial charge in [0.05, 0.1) is 6.61 Å². The summed E-state index contributed by atoms with van der Waals surface area (Å²) in [5.41, 5.74) is 2.70. The van der Waals surface area contributed by atoms with E-state index in [0.717, 1.165) is 31.6 Å². The second kappa shape index (κ2) is 8.88. The molecule has 0 amide bonds. The maximum atomic E-state index is 5.79. The van der Waals surface area contributed by atoms with Crippen LogP contribution in [0.1, 0.15) is 36.3 Å². The van der Waals surface area contributed by atoms with Crippen LogP contribution >= 0.6 is 0 Å². The Morgan fingerprint density at radius 2 is 1.33 bits per heavy atom. The number of ether oxygens (including phenoxy) is 1. The number of nitrogens with zero attached hydrogens (tertiary/aromatic N) is 1. The van der Waals surface area contributed by atoms with E-state index in [2.05, 4.69) is 47.4 Å². The molecular weight excluding hydrogens is 294 g/mol. The SMILES string of the molecule is c1ccc(OCCCC[C@@H](c2ccccc2)c2ccncc2)cc1. The lowest BCUT2D eigenvalue weighted by atomic mass is 9.87.